The van der Waals surface area contributed by atoms with Gasteiger partial charge in [0.25, 0.3) is 0 Å². The molecule has 3 nitrogen and oxygen atoms in total. The second kappa shape index (κ2) is 3.86. The fourth-order valence-corrected chi connectivity index (χ4v) is 3.93. The van der Waals surface area contributed by atoms with Gasteiger partial charge in [0, 0.05) is 23.1 Å². The molecule has 86 valence electrons. The van der Waals surface area contributed by atoms with Crippen LogP contribution in [-0.2, 0) is 14.6 Å². The minimum Gasteiger partial charge on any atom is -0.303 e. The first-order valence-electron chi connectivity index (χ1n) is 4.85. The minimum atomic E-state index is -3.18. The Morgan fingerprint density at radius 2 is 2.06 bits per heavy atom. The summed E-state index contributed by atoms with van der Waals surface area (Å²) in [4.78, 5) is 10.8. The molecule has 0 bridgehead atoms. The largest absolute Gasteiger partial charge is 0.303 e. The summed E-state index contributed by atoms with van der Waals surface area (Å²) in [5.74, 6) is -0.653. The number of halogens is 1. The molecule has 0 aliphatic heterocycles. The van der Waals surface area contributed by atoms with Gasteiger partial charge in [-0.15, -0.1) is 0 Å². The second-order valence-electron chi connectivity index (χ2n) is 4.09. The quantitative estimate of drug-likeness (QED) is 0.775. The van der Waals surface area contributed by atoms with E-state index in [9.17, 15) is 13.2 Å². The van der Waals surface area contributed by atoms with Crippen LogP contribution in [0.15, 0.2) is 24.3 Å². The molecule has 1 fully saturated rings. The Balaban J connectivity index is 2.34. The highest BCUT2D eigenvalue weighted by Crippen LogP contribution is 2.51. The van der Waals surface area contributed by atoms with E-state index in [1.54, 1.807) is 24.3 Å². The molecule has 0 spiro atoms. The van der Waals surface area contributed by atoms with Gasteiger partial charge in [0.15, 0.2) is 9.84 Å². The summed E-state index contributed by atoms with van der Waals surface area (Å²) in [5, 5.41) is -0.0234. The molecule has 0 amide bonds. The van der Waals surface area contributed by atoms with E-state index < -0.39 is 21.0 Å². The van der Waals surface area contributed by atoms with Gasteiger partial charge in [0.2, 0.25) is 0 Å². The van der Waals surface area contributed by atoms with Gasteiger partial charge in [-0.2, -0.15) is 0 Å². The van der Waals surface area contributed by atoms with Gasteiger partial charge >= 0.3 is 0 Å². The fourth-order valence-electron chi connectivity index (χ4n) is 2.14. The van der Waals surface area contributed by atoms with Crippen molar-refractivity contribution < 1.29 is 13.2 Å². The molecule has 1 aromatic rings. The fraction of sp³-hybridized carbons (Fsp3) is 0.364. The Kier molecular flexibility index (Phi) is 2.80. The van der Waals surface area contributed by atoms with Gasteiger partial charge in [0.05, 0.1) is 5.25 Å². The van der Waals surface area contributed by atoms with Gasteiger partial charge in [-0.1, -0.05) is 23.7 Å². The molecule has 3 atom stereocenters. The van der Waals surface area contributed by atoms with Gasteiger partial charge in [-0.25, -0.2) is 8.42 Å². The van der Waals surface area contributed by atoms with E-state index in [1.807, 2.05) is 0 Å². The predicted octanol–water partition coefficient (Wildman–Crippen LogP) is 1.67. The number of carbonyl (C=O) groups is 1. The summed E-state index contributed by atoms with van der Waals surface area (Å²) in [5.41, 5.74) is 0.819. The Morgan fingerprint density at radius 3 is 2.50 bits per heavy atom. The predicted molar refractivity (Wildman–Crippen MR) is 62.4 cm³/mol. The van der Waals surface area contributed by atoms with Crippen molar-refractivity contribution in [3.8, 4) is 0 Å². The SMILES string of the molecule is CS(=O)(=O)[C@@H]1[C@@H](C=O)[C@H]1c1cccc(Cl)c1. The first-order valence-corrected chi connectivity index (χ1v) is 7.18. The molecule has 0 aromatic heterocycles. The Labute approximate surface area is 99.3 Å². The van der Waals surface area contributed by atoms with Crippen LogP contribution in [0.2, 0.25) is 5.02 Å². The summed E-state index contributed by atoms with van der Waals surface area (Å²) in [6.45, 7) is 0. The number of carbonyl (C=O) groups excluding carboxylic acids is 1. The summed E-state index contributed by atoms with van der Waals surface area (Å²) < 4.78 is 22.9. The molecular weight excluding hydrogens is 248 g/mol. The van der Waals surface area contributed by atoms with Crippen LogP contribution in [0.4, 0.5) is 0 Å². The molecule has 1 saturated carbocycles. The molecule has 1 aliphatic rings. The average molecular weight is 259 g/mol. The average Bonchev–Trinajstić information content (AvgIpc) is 2.91. The number of hydrogen-bond acceptors (Lipinski definition) is 3. The van der Waals surface area contributed by atoms with Crippen molar-refractivity contribution >= 4 is 27.7 Å². The van der Waals surface area contributed by atoms with E-state index in [4.69, 9.17) is 11.6 Å². The lowest BCUT2D eigenvalue weighted by Gasteiger charge is -1.99. The second-order valence-corrected chi connectivity index (χ2v) is 6.73. The molecule has 1 aromatic carbocycles. The van der Waals surface area contributed by atoms with E-state index in [1.165, 1.54) is 6.26 Å². The minimum absolute atomic E-state index is 0.230. The summed E-state index contributed by atoms with van der Waals surface area (Å²) in [7, 11) is -3.18. The van der Waals surface area contributed by atoms with Crippen molar-refractivity contribution in [1.29, 1.82) is 0 Å². The van der Waals surface area contributed by atoms with Crippen LogP contribution in [0.3, 0.4) is 0 Å². The summed E-state index contributed by atoms with van der Waals surface area (Å²) >= 11 is 5.83. The number of benzene rings is 1. The monoisotopic (exact) mass is 258 g/mol. The number of sulfone groups is 1. The van der Waals surface area contributed by atoms with Crippen molar-refractivity contribution in [3.05, 3.63) is 34.9 Å². The normalized spacial score (nSPS) is 28.8. The van der Waals surface area contributed by atoms with Crippen LogP contribution in [0.25, 0.3) is 0 Å². The highest BCUT2D eigenvalue weighted by atomic mass is 35.5. The zero-order valence-corrected chi connectivity index (χ0v) is 10.2. The number of hydrogen-bond donors (Lipinski definition) is 0. The van der Waals surface area contributed by atoms with Crippen LogP contribution in [0.1, 0.15) is 11.5 Å². The molecule has 0 radical (unpaired) electrons. The van der Waals surface area contributed by atoms with Crippen molar-refractivity contribution in [2.45, 2.75) is 11.2 Å². The topological polar surface area (TPSA) is 51.2 Å². The van der Waals surface area contributed by atoms with Gasteiger partial charge in [0.1, 0.15) is 6.29 Å². The maximum atomic E-state index is 11.4. The van der Waals surface area contributed by atoms with Crippen LogP contribution in [0, 0.1) is 5.92 Å². The van der Waals surface area contributed by atoms with Gasteiger partial charge < -0.3 is 4.79 Å². The molecule has 2 rings (SSSR count). The lowest BCUT2D eigenvalue weighted by atomic mass is 10.1. The molecule has 0 N–H and O–H groups in total. The molecule has 16 heavy (non-hydrogen) atoms. The smallest absolute Gasteiger partial charge is 0.151 e. The van der Waals surface area contributed by atoms with Gasteiger partial charge in [-0.3, -0.25) is 0 Å². The first-order chi connectivity index (χ1) is 7.45. The highest BCUT2D eigenvalue weighted by molar-refractivity contribution is 7.91. The Bertz CT molecular complexity index is 524. The zero-order valence-electron chi connectivity index (χ0n) is 8.63. The van der Waals surface area contributed by atoms with Crippen molar-refractivity contribution in [2.75, 3.05) is 6.26 Å². The maximum Gasteiger partial charge on any atom is 0.151 e. The van der Waals surface area contributed by atoms with E-state index in [2.05, 4.69) is 0 Å². The van der Waals surface area contributed by atoms with E-state index in [0.29, 0.717) is 5.02 Å². The molecule has 0 unspecified atom stereocenters. The van der Waals surface area contributed by atoms with Crippen molar-refractivity contribution in [2.24, 2.45) is 5.92 Å². The third-order valence-corrected chi connectivity index (χ3v) is 4.72. The number of rotatable bonds is 3. The molecule has 0 heterocycles. The molecular formula is C11H11ClO3S. The van der Waals surface area contributed by atoms with Crippen LogP contribution < -0.4 is 0 Å². The molecule has 0 saturated heterocycles. The highest BCUT2D eigenvalue weighted by Gasteiger charge is 2.57. The maximum absolute atomic E-state index is 11.4. The standard InChI is InChI=1S/C11H11ClO3S/c1-16(14,15)11-9(6-13)10(11)7-3-2-4-8(12)5-7/h2-6,9-11H,1H3/t9-,10+,11+/m0/s1. The lowest BCUT2D eigenvalue weighted by molar-refractivity contribution is -0.108. The van der Waals surface area contributed by atoms with E-state index in [-0.39, 0.29) is 5.92 Å². The van der Waals surface area contributed by atoms with E-state index in [0.717, 1.165) is 11.8 Å². The van der Waals surface area contributed by atoms with Crippen LogP contribution >= 0.6 is 11.6 Å². The molecule has 1 aliphatic carbocycles. The molecule has 5 heteroatoms. The van der Waals surface area contributed by atoms with Crippen molar-refractivity contribution in [3.63, 3.8) is 0 Å². The number of aldehydes is 1. The van der Waals surface area contributed by atoms with E-state index >= 15 is 0 Å². The Hall–Kier alpha value is -0.870. The third kappa shape index (κ3) is 1.99. The third-order valence-electron chi connectivity index (χ3n) is 2.89. The van der Waals surface area contributed by atoms with Crippen LogP contribution in [0.5, 0.6) is 0 Å². The Morgan fingerprint density at radius 1 is 1.38 bits per heavy atom. The summed E-state index contributed by atoms with van der Waals surface area (Å²) in [6, 6.07) is 7.00. The zero-order chi connectivity index (χ0) is 11.9. The van der Waals surface area contributed by atoms with Crippen molar-refractivity contribution in [1.82, 2.24) is 0 Å². The summed E-state index contributed by atoms with van der Waals surface area (Å²) in [6.07, 6.45) is 1.88. The first kappa shape index (κ1) is 11.6. The van der Waals surface area contributed by atoms with Crippen LogP contribution in [-0.4, -0.2) is 26.2 Å². The van der Waals surface area contributed by atoms with Gasteiger partial charge in [-0.05, 0) is 17.7 Å². The lowest BCUT2D eigenvalue weighted by Crippen LogP contribution is -2.07.